The monoisotopic (exact) mass is 88.1 g/mol. The number of rotatable bonds is 0. The molecule has 0 aromatic carbocycles. The maximum atomic E-state index is 4.85. The zero-order valence-corrected chi connectivity index (χ0v) is 4.31. The highest BCUT2D eigenvalue weighted by Gasteiger charge is 1.32. The molecule has 0 saturated carbocycles. The van der Waals surface area contributed by atoms with Gasteiger partial charge in [0.15, 0.2) is 0 Å². The van der Waals surface area contributed by atoms with Gasteiger partial charge in [-0.3, -0.25) is 0 Å². The fourth-order valence-corrected chi connectivity index (χ4v) is 0. The van der Waals surface area contributed by atoms with Gasteiger partial charge in [0.05, 0.1) is 0 Å². The van der Waals surface area contributed by atoms with Crippen LogP contribution in [-0.2, 0) is 0 Å². The molecule has 6 heavy (non-hydrogen) atoms. The van der Waals surface area contributed by atoms with Gasteiger partial charge in [-0.2, -0.15) is 0 Å². The van der Waals surface area contributed by atoms with E-state index in [-0.39, 0.29) is 0 Å². The Labute approximate surface area is 38.8 Å². The second-order valence-electron chi connectivity index (χ2n) is 0.526. The molecule has 0 fully saturated rings. The van der Waals surface area contributed by atoms with Crippen molar-refractivity contribution >= 4 is 0 Å². The summed E-state index contributed by atoms with van der Waals surface area (Å²) in [6.07, 6.45) is 3.28. The summed E-state index contributed by atoms with van der Waals surface area (Å²) >= 11 is 0. The smallest absolute Gasteiger partial charge is 0.0106 e. The Bertz CT molecular complexity index is 20.7. The molecule has 0 radical (unpaired) electrons. The van der Waals surface area contributed by atoms with Crippen LogP contribution in [0.5, 0.6) is 0 Å². The zero-order chi connectivity index (χ0) is 5.41. The van der Waals surface area contributed by atoms with E-state index in [0.29, 0.717) is 0 Å². The van der Waals surface area contributed by atoms with Crippen LogP contribution in [0.1, 0.15) is 6.92 Å². The van der Waals surface area contributed by atoms with Crippen LogP contribution in [0.25, 0.3) is 0 Å². The van der Waals surface area contributed by atoms with E-state index in [2.05, 4.69) is 5.73 Å². The van der Waals surface area contributed by atoms with Crippen molar-refractivity contribution in [3.63, 3.8) is 0 Å². The molecule has 2 heteroatoms. The zero-order valence-electron chi connectivity index (χ0n) is 4.31. The maximum absolute atomic E-state index is 4.85. The van der Waals surface area contributed by atoms with Crippen molar-refractivity contribution in [3.8, 4) is 0 Å². The average Bonchev–Trinajstić information content (AvgIpc) is 1.72. The Morgan fingerprint density at radius 2 is 1.50 bits per heavy atom. The highest BCUT2D eigenvalue weighted by Crippen LogP contribution is 1.47. The fourth-order valence-electron chi connectivity index (χ4n) is 0. The van der Waals surface area contributed by atoms with Gasteiger partial charge in [-0.05, 0) is 20.2 Å². The van der Waals surface area contributed by atoms with Crippen molar-refractivity contribution in [3.05, 3.63) is 12.3 Å². The highest BCUT2D eigenvalue weighted by molar-refractivity contribution is 4.66. The van der Waals surface area contributed by atoms with Gasteiger partial charge in [0.1, 0.15) is 0 Å². The molecule has 0 saturated heterocycles. The van der Waals surface area contributed by atoms with Crippen LogP contribution < -0.4 is 11.5 Å². The van der Waals surface area contributed by atoms with Crippen LogP contribution >= 0.6 is 0 Å². The minimum Gasteiger partial charge on any atom is -0.405 e. The lowest BCUT2D eigenvalue weighted by molar-refractivity contribution is 1.48. The first-order valence-electron chi connectivity index (χ1n) is 1.82. The van der Waals surface area contributed by atoms with Gasteiger partial charge in [0.25, 0.3) is 0 Å². The third-order valence-electron chi connectivity index (χ3n) is 0.192. The van der Waals surface area contributed by atoms with E-state index in [1.165, 1.54) is 13.2 Å². The molecule has 0 amide bonds. The first-order valence-corrected chi connectivity index (χ1v) is 1.82. The molecule has 0 aliphatic heterocycles. The van der Waals surface area contributed by atoms with Crippen LogP contribution in [0.2, 0.25) is 0 Å². The van der Waals surface area contributed by atoms with Gasteiger partial charge in [0.2, 0.25) is 0 Å². The van der Waals surface area contributed by atoms with Gasteiger partial charge >= 0.3 is 0 Å². The van der Waals surface area contributed by atoms with Crippen molar-refractivity contribution in [2.45, 2.75) is 6.92 Å². The van der Waals surface area contributed by atoms with Crippen LogP contribution in [0, 0.1) is 0 Å². The summed E-state index contributed by atoms with van der Waals surface area (Å²) in [5.74, 6) is 0. The van der Waals surface area contributed by atoms with Crippen molar-refractivity contribution < 1.29 is 0 Å². The van der Waals surface area contributed by atoms with Gasteiger partial charge in [0, 0.05) is 0 Å². The molecule has 0 spiro atoms. The molecule has 0 aliphatic carbocycles. The molecule has 0 aromatic heterocycles. The Hall–Kier alpha value is -0.500. The van der Waals surface area contributed by atoms with Crippen LogP contribution in [0.3, 0.4) is 0 Å². The Kier molecular flexibility index (Phi) is 37.1. The molecule has 0 unspecified atom stereocenters. The van der Waals surface area contributed by atoms with Crippen LogP contribution in [0.15, 0.2) is 12.3 Å². The van der Waals surface area contributed by atoms with Crippen molar-refractivity contribution in [1.82, 2.24) is 0 Å². The minimum absolute atomic E-state index is 1.50. The summed E-state index contributed by atoms with van der Waals surface area (Å²) in [6.45, 7) is 1.88. The maximum Gasteiger partial charge on any atom is -0.0106 e. The molecule has 4 N–H and O–H groups in total. The summed E-state index contributed by atoms with van der Waals surface area (Å²) < 4.78 is 0. The molecule has 0 aromatic rings. The highest BCUT2D eigenvalue weighted by atomic mass is 14.5. The molecular formula is C4H12N2. The summed E-state index contributed by atoms with van der Waals surface area (Å²) in [6, 6.07) is 0. The van der Waals surface area contributed by atoms with E-state index in [1.807, 2.05) is 6.92 Å². The van der Waals surface area contributed by atoms with Crippen molar-refractivity contribution in [2.75, 3.05) is 7.05 Å². The molecule has 38 valence electrons. The van der Waals surface area contributed by atoms with E-state index in [9.17, 15) is 0 Å². The Morgan fingerprint density at radius 3 is 1.50 bits per heavy atom. The summed E-state index contributed by atoms with van der Waals surface area (Å²) in [7, 11) is 1.50. The number of hydrogen-bond donors (Lipinski definition) is 2. The summed E-state index contributed by atoms with van der Waals surface area (Å²) in [5, 5.41) is 0. The Balaban J connectivity index is 0. The lowest BCUT2D eigenvalue weighted by Gasteiger charge is -1.53. The fraction of sp³-hybridized carbons (Fsp3) is 0.500. The lowest BCUT2D eigenvalue weighted by atomic mass is 10.7. The van der Waals surface area contributed by atoms with Gasteiger partial charge in [-0.15, -0.1) is 0 Å². The van der Waals surface area contributed by atoms with Crippen LogP contribution in [-0.4, -0.2) is 7.05 Å². The second kappa shape index (κ2) is 24.5. The van der Waals surface area contributed by atoms with E-state index >= 15 is 0 Å². The summed E-state index contributed by atoms with van der Waals surface area (Å²) in [5.41, 5.74) is 9.35. The number of nitrogens with two attached hydrogens (primary N) is 2. The molecular weight excluding hydrogens is 76.1 g/mol. The SMILES string of the molecule is C/C=C\N.CN. The van der Waals surface area contributed by atoms with E-state index in [4.69, 9.17) is 5.73 Å². The normalized spacial score (nSPS) is 7.17. The van der Waals surface area contributed by atoms with Gasteiger partial charge in [-0.25, -0.2) is 0 Å². The van der Waals surface area contributed by atoms with E-state index in [1.54, 1.807) is 6.08 Å². The molecule has 0 bridgehead atoms. The van der Waals surface area contributed by atoms with Crippen molar-refractivity contribution in [2.24, 2.45) is 11.5 Å². The third-order valence-corrected chi connectivity index (χ3v) is 0.192. The molecule has 2 nitrogen and oxygen atoms in total. The second-order valence-corrected chi connectivity index (χ2v) is 0.526. The average molecular weight is 88.2 g/mol. The van der Waals surface area contributed by atoms with Crippen molar-refractivity contribution in [1.29, 1.82) is 0 Å². The Morgan fingerprint density at radius 1 is 1.33 bits per heavy atom. The predicted octanol–water partition coefficient (Wildman–Crippen LogP) is 0.0536. The molecule has 0 rings (SSSR count). The number of allylic oxidation sites excluding steroid dienone is 1. The van der Waals surface area contributed by atoms with Crippen LogP contribution in [0.4, 0.5) is 0 Å². The quantitative estimate of drug-likeness (QED) is 0.439. The summed E-state index contributed by atoms with van der Waals surface area (Å²) in [4.78, 5) is 0. The topological polar surface area (TPSA) is 52.0 Å². The predicted molar refractivity (Wildman–Crippen MR) is 29.1 cm³/mol. The van der Waals surface area contributed by atoms with E-state index in [0.717, 1.165) is 0 Å². The first kappa shape index (κ1) is 9.09. The van der Waals surface area contributed by atoms with Gasteiger partial charge < -0.3 is 11.5 Å². The molecule has 0 aliphatic rings. The number of hydrogen-bond acceptors (Lipinski definition) is 2. The standard InChI is InChI=1S/C3H7N.CH5N/c1-2-3-4;1-2/h2-3H,4H2,1H3;2H2,1H3/b3-2-;. The molecule has 0 atom stereocenters. The lowest BCUT2D eigenvalue weighted by Crippen LogP contribution is -1.70. The van der Waals surface area contributed by atoms with Gasteiger partial charge in [-0.1, -0.05) is 6.08 Å². The van der Waals surface area contributed by atoms with E-state index < -0.39 is 0 Å². The third kappa shape index (κ3) is 87.5. The molecule has 0 heterocycles. The minimum atomic E-state index is 1.50. The largest absolute Gasteiger partial charge is 0.405 e. The first-order chi connectivity index (χ1) is 2.91.